The largest absolute Gasteiger partial charge is 0.478 e. The minimum Gasteiger partial charge on any atom is -0.478 e. The number of ether oxygens (including phenoxy) is 2. The molecule has 1 aliphatic rings. The van der Waals surface area contributed by atoms with Gasteiger partial charge in [0.15, 0.2) is 6.10 Å². The van der Waals surface area contributed by atoms with Crippen LogP contribution >= 0.6 is 0 Å². The molecule has 1 amide bonds. The van der Waals surface area contributed by atoms with E-state index in [4.69, 9.17) is 9.47 Å². The summed E-state index contributed by atoms with van der Waals surface area (Å²) in [4.78, 5) is 39.2. The molecule has 1 aromatic carbocycles. The van der Waals surface area contributed by atoms with Gasteiger partial charge in [0.05, 0.1) is 12.0 Å². The number of carbonyl (C=O) groups excluding carboxylic acids is 2. The van der Waals surface area contributed by atoms with Crippen LogP contribution in [0.15, 0.2) is 35.3 Å². The van der Waals surface area contributed by atoms with Crippen molar-refractivity contribution in [1.82, 2.24) is 9.47 Å². The van der Waals surface area contributed by atoms with Gasteiger partial charge in [0.25, 0.3) is 5.56 Å². The number of rotatable bonds is 6. The maximum absolute atomic E-state index is 12.9. The van der Waals surface area contributed by atoms with E-state index < -0.39 is 12.1 Å². The van der Waals surface area contributed by atoms with E-state index in [2.05, 4.69) is 6.92 Å². The van der Waals surface area contributed by atoms with E-state index in [9.17, 15) is 14.4 Å². The lowest BCUT2D eigenvalue weighted by atomic mass is 9.99. The monoisotopic (exact) mass is 400 g/mol. The Morgan fingerprint density at radius 2 is 1.90 bits per heavy atom. The van der Waals surface area contributed by atoms with Crippen LogP contribution < -0.4 is 10.3 Å². The summed E-state index contributed by atoms with van der Waals surface area (Å²) in [7, 11) is 0. The minimum atomic E-state index is -0.786. The molecule has 0 aliphatic carbocycles. The zero-order valence-corrected chi connectivity index (χ0v) is 17.2. The topological polar surface area (TPSA) is 77.8 Å². The third-order valence-corrected chi connectivity index (χ3v) is 5.34. The molecular weight excluding hydrogens is 372 g/mol. The Labute approximate surface area is 170 Å². The zero-order valence-electron chi connectivity index (χ0n) is 17.2. The van der Waals surface area contributed by atoms with Crippen molar-refractivity contribution in [3.05, 3.63) is 40.8 Å². The average Bonchev–Trinajstić information content (AvgIpc) is 2.71. The second kappa shape index (κ2) is 9.11. The first-order valence-electron chi connectivity index (χ1n) is 10.1. The van der Waals surface area contributed by atoms with Crippen molar-refractivity contribution in [2.45, 2.75) is 46.3 Å². The van der Waals surface area contributed by atoms with Gasteiger partial charge in [0.1, 0.15) is 12.3 Å². The first-order chi connectivity index (χ1) is 13.9. The van der Waals surface area contributed by atoms with E-state index in [0.29, 0.717) is 22.4 Å². The fourth-order valence-corrected chi connectivity index (χ4v) is 3.52. The van der Waals surface area contributed by atoms with Gasteiger partial charge in [0, 0.05) is 24.7 Å². The third-order valence-electron chi connectivity index (χ3n) is 5.34. The smallest absolute Gasteiger partial charge is 0.347 e. The van der Waals surface area contributed by atoms with E-state index in [0.717, 1.165) is 25.9 Å². The van der Waals surface area contributed by atoms with Crippen LogP contribution in [-0.4, -0.2) is 47.1 Å². The van der Waals surface area contributed by atoms with Gasteiger partial charge < -0.3 is 18.9 Å². The molecule has 0 saturated carbocycles. The number of hydrogen-bond donors (Lipinski definition) is 0. The molecule has 7 nitrogen and oxygen atoms in total. The number of aromatic nitrogens is 1. The summed E-state index contributed by atoms with van der Waals surface area (Å²) < 4.78 is 12.1. The molecule has 1 aliphatic heterocycles. The van der Waals surface area contributed by atoms with Gasteiger partial charge in [-0.2, -0.15) is 0 Å². The summed E-state index contributed by atoms with van der Waals surface area (Å²) in [6, 6.07) is 6.86. The number of hydrogen-bond acceptors (Lipinski definition) is 5. The Bertz CT molecular complexity index is 944. The van der Waals surface area contributed by atoms with E-state index in [1.807, 2.05) is 4.90 Å². The zero-order chi connectivity index (χ0) is 21.0. The van der Waals surface area contributed by atoms with Crippen LogP contribution in [0.1, 0.15) is 33.6 Å². The Hall–Kier alpha value is -2.83. The second-order valence-electron chi connectivity index (χ2n) is 7.54. The molecule has 0 radical (unpaired) electrons. The molecule has 1 unspecified atom stereocenters. The van der Waals surface area contributed by atoms with Crippen molar-refractivity contribution in [3.63, 3.8) is 0 Å². The molecule has 3 rings (SSSR count). The standard InChI is InChI=1S/C22H28N2O5/c1-4-28-22(27)16(3)29-19-7-5-6-18-17(19)10-13-24(21(18)26)14-20(25)23-11-8-15(2)9-12-23/h5-7,10,13,15-16H,4,8-9,11-12,14H2,1-3H3. The van der Waals surface area contributed by atoms with Gasteiger partial charge in [-0.1, -0.05) is 13.0 Å². The number of pyridine rings is 1. The van der Waals surface area contributed by atoms with Crippen LogP contribution in [0.25, 0.3) is 10.8 Å². The van der Waals surface area contributed by atoms with Crippen LogP contribution in [0.4, 0.5) is 0 Å². The molecule has 0 bridgehead atoms. The maximum Gasteiger partial charge on any atom is 0.347 e. The van der Waals surface area contributed by atoms with Crippen molar-refractivity contribution in [1.29, 1.82) is 0 Å². The van der Waals surface area contributed by atoms with Crippen LogP contribution in [-0.2, 0) is 20.9 Å². The molecule has 7 heteroatoms. The van der Waals surface area contributed by atoms with E-state index in [1.54, 1.807) is 44.3 Å². The Kier molecular flexibility index (Phi) is 6.56. The number of carbonyl (C=O) groups is 2. The van der Waals surface area contributed by atoms with Gasteiger partial charge >= 0.3 is 5.97 Å². The Balaban J connectivity index is 1.80. The van der Waals surface area contributed by atoms with Gasteiger partial charge in [-0.15, -0.1) is 0 Å². The molecule has 1 fully saturated rings. The fraction of sp³-hybridized carbons (Fsp3) is 0.500. The normalized spacial score (nSPS) is 15.9. The average molecular weight is 400 g/mol. The lowest BCUT2D eigenvalue weighted by Crippen LogP contribution is -2.41. The highest BCUT2D eigenvalue weighted by atomic mass is 16.6. The molecule has 2 aromatic rings. The van der Waals surface area contributed by atoms with E-state index in [1.165, 1.54) is 4.57 Å². The van der Waals surface area contributed by atoms with Crippen LogP contribution in [0, 0.1) is 5.92 Å². The lowest BCUT2D eigenvalue weighted by molar-refractivity contribution is -0.150. The molecule has 2 heterocycles. The number of nitrogens with zero attached hydrogens (tertiary/aromatic N) is 2. The van der Waals surface area contributed by atoms with Crippen LogP contribution in [0.3, 0.4) is 0 Å². The number of benzene rings is 1. The summed E-state index contributed by atoms with van der Waals surface area (Å²) in [6.45, 7) is 7.31. The van der Waals surface area contributed by atoms with Gasteiger partial charge in [-0.05, 0) is 50.8 Å². The summed E-state index contributed by atoms with van der Waals surface area (Å²) >= 11 is 0. The molecule has 29 heavy (non-hydrogen) atoms. The van der Waals surface area contributed by atoms with Crippen molar-refractivity contribution in [2.75, 3.05) is 19.7 Å². The lowest BCUT2D eigenvalue weighted by Gasteiger charge is -2.30. The maximum atomic E-state index is 12.9. The number of fused-ring (bicyclic) bond motifs is 1. The molecule has 0 spiro atoms. The molecule has 0 N–H and O–H groups in total. The van der Waals surface area contributed by atoms with Gasteiger partial charge in [-0.3, -0.25) is 9.59 Å². The van der Waals surface area contributed by atoms with Gasteiger partial charge in [0.2, 0.25) is 5.91 Å². The number of piperidine rings is 1. The molecule has 156 valence electrons. The summed E-state index contributed by atoms with van der Waals surface area (Å²) in [5, 5.41) is 1.05. The number of esters is 1. The SMILES string of the molecule is CCOC(=O)C(C)Oc1cccc2c(=O)n(CC(=O)N3CCC(C)CC3)ccc12. The highest BCUT2D eigenvalue weighted by Gasteiger charge is 2.21. The Morgan fingerprint density at radius 3 is 2.59 bits per heavy atom. The summed E-state index contributed by atoms with van der Waals surface area (Å²) in [5.74, 6) is 0.572. The predicted octanol–water partition coefficient (Wildman–Crippen LogP) is 2.59. The van der Waals surface area contributed by atoms with E-state index in [-0.39, 0.29) is 24.6 Å². The van der Waals surface area contributed by atoms with Crippen molar-refractivity contribution in [2.24, 2.45) is 5.92 Å². The highest BCUT2D eigenvalue weighted by Crippen LogP contribution is 2.24. The van der Waals surface area contributed by atoms with Crippen molar-refractivity contribution in [3.8, 4) is 5.75 Å². The molecular formula is C22H28N2O5. The first kappa shape index (κ1) is 20.9. The predicted molar refractivity (Wildman–Crippen MR) is 110 cm³/mol. The quantitative estimate of drug-likeness (QED) is 0.697. The summed E-state index contributed by atoms with van der Waals surface area (Å²) in [5.41, 5.74) is -0.254. The second-order valence-corrected chi connectivity index (χ2v) is 7.54. The van der Waals surface area contributed by atoms with Crippen LogP contribution in [0.2, 0.25) is 0 Å². The first-order valence-corrected chi connectivity index (χ1v) is 10.1. The molecule has 1 aromatic heterocycles. The molecule has 1 atom stereocenters. The Morgan fingerprint density at radius 1 is 1.17 bits per heavy atom. The molecule has 1 saturated heterocycles. The van der Waals surface area contributed by atoms with Crippen molar-refractivity contribution < 1.29 is 19.1 Å². The number of likely N-dealkylation sites (tertiary alicyclic amines) is 1. The van der Waals surface area contributed by atoms with E-state index >= 15 is 0 Å². The van der Waals surface area contributed by atoms with Crippen molar-refractivity contribution >= 4 is 22.6 Å². The summed E-state index contributed by atoms with van der Waals surface area (Å²) in [6.07, 6.45) is 2.82. The number of amides is 1. The van der Waals surface area contributed by atoms with Crippen LogP contribution in [0.5, 0.6) is 5.75 Å². The third kappa shape index (κ3) is 4.78. The fourth-order valence-electron chi connectivity index (χ4n) is 3.52. The minimum absolute atomic E-state index is 0.0213. The van der Waals surface area contributed by atoms with Gasteiger partial charge in [-0.25, -0.2) is 4.79 Å². The highest BCUT2D eigenvalue weighted by molar-refractivity contribution is 5.88.